The van der Waals surface area contributed by atoms with Crippen LogP contribution in [0.2, 0.25) is 0 Å². The summed E-state index contributed by atoms with van der Waals surface area (Å²) in [6.45, 7) is 13.3. The van der Waals surface area contributed by atoms with E-state index in [9.17, 15) is 9.18 Å². The molecule has 2 heterocycles. The van der Waals surface area contributed by atoms with Crippen LogP contribution in [0.25, 0.3) is 22.0 Å². The molecule has 0 unspecified atom stereocenters. The Bertz CT molecular complexity index is 1060. The van der Waals surface area contributed by atoms with E-state index in [1.165, 1.54) is 12.1 Å². The van der Waals surface area contributed by atoms with E-state index in [1.54, 1.807) is 0 Å². The van der Waals surface area contributed by atoms with Gasteiger partial charge in [-0.1, -0.05) is 27.0 Å². The normalized spacial score (nSPS) is 13.5. The van der Waals surface area contributed by atoms with Crippen molar-refractivity contribution in [1.29, 1.82) is 0 Å². The van der Waals surface area contributed by atoms with Gasteiger partial charge in [0.25, 0.3) is 0 Å². The smallest absolute Gasteiger partial charge is 0.125 e. The summed E-state index contributed by atoms with van der Waals surface area (Å²) >= 11 is 0. The number of carbonyl (C=O) groups excluding carboxylic acids is 1. The topological polar surface area (TPSA) is 60.2 Å². The Morgan fingerprint density at radius 1 is 1.24 bits per heavy atom. The Morgan fingerprint density at radius 3 is 2.64 bits per heavy atom. The molecular weight excluding hydrogens is 415 g/mol. The number of fused-ring (bicyclic) bond motifs is 1. The summed E-state index contributed by atoms with van der Waals surface area (Å²) in [6.07, 6.45) is 4.55. The first-order chi connectivity index (χ1) is 15.5. The van der Waals surface area contributed by atoms with Crippen molar-refractivity contribution in [1.82, 2.24) is 15.2 Å². The molecule has 33 heavy (non-hydrogen) atoms. The summed E-state index contributed by atoms with van der Waals surface area (Å²) in [7, 11) is 0. The van der Waals surface area contributed by atoms with Crippen LogP contribution in [0.15, 0.2) is 54.9 Å². The molecule has 0 spiro atoms. The third-order valence-corrected chi connectivity index (χ3v) is 5.52. The molecule has 0 radical (unpaired) electrons. The summed E-state index contributed by atoms with van der Waals surface area (Å²) in [5.41, 5.74) is 6.25. The number of piperazine rings is 1. The molecule has 1 aliphatic heterocycles. The number of hydrogen-bond donors (Lipinski definition) is 3. The highest BCUT2D eigenvalue weighted by Crippen LogP contribution is 2.31. The highest BCUT2D eigenvalue weighted by molar-refractivity contribution is 5.95. The third-order valence-electron chi connectivity index (χ3n) is 5.52. The number of aryl methyl sites for hydroxylation is 1. The Balaban J connectivity index is 0.00000132. The highest BCUT2D eigenvalue weighted by Gasteiger charge is 2.12. The predicted octanol–water partition coefficient (Wildman–Crippen LogP) is 6.23. The fraction of sp³-hybridized carbons (Fsp3) is 0.370. The van der Waals surface area contributed by atoms with E-state index >= 15 is 0 Å². The Kier molecular flexibility index (Phi) is 10.3. The minimum atomic E-state index is -0.227. The second-order valence-electron chi connectivity index (χ2n) is 8.13. The first-order valence-corrected chi connectivity index (χ1v) is 11.2. The van der Waals surface area contributed by atoms with Crippen LogP contribution < -0.4 is 10.6 Å². The second kappa shape index (κ2) is 12.9. The molecule has 1 saturated heterocycles. The second-order valence-corrected chi connectivity index (χ2v) is 8.13. The van der Waals surface area contributed by atoms with Gasteiger partial charge in [-0.15, -0.1) is 0 Å². The van der Waals surface area contributed by atoms with Crippen LogP contribution in [0.3, 0.4) is 0 Å². The zero-order valence-electron chi connectivity index (χ0n) is 19.0. The minimum Gasteiger partial charge on any atom is -0.360 e. The van der Waals surface area contributed by atoms with Crippen LogP contribution in [0.1, 0.15) is 35.6 Å². The van der Waals surface area contributed by atoms with E-state index in [1.807, 2.05) is 19.2 Å². The summed E-state index contributed by atoms with van der Waals surface area (Å²) in [5.74, 6) is -0.227. The van der Waals surface area contributed by atoms with Gasteiger partial charge in [0.1, 0.15) is 12.1 Å². The number of H-pyrrole nitrogens is 1. The van der Waals surface area contributed by atoms with E-state index in [-0.39, 0.29) is 16.1 Å². The Labute approximate surface area is 200 Å². The van der Waals surface area contributed by atoms with Gasteiger partial charge in [0.15, 0.2) is 0 Å². The van der Waals surface area contributed by atoms with Crippen molar-refractivity contribution in [2.75, 3.05) is 38.0 Å². The number of nitrogens with zero attached hydrogens (tertiary/aromatic N) is 1. The molecule has 0 amide bonds. The number of aldehydes is 1. The maximum Gasteiger partial charge on any atom is 0.125 e. The average molecular weight is 457 g/mol. The van der Waals surface area contributed by atoms with Crippen molar-refractivity contribution >= 4 is 22.9 Å². The van der Waals surface area contributed by atoms with Gasteiger partial charge < -0.3 is 20.4 Å². The molecule has 1 fully saturated rings. The van der Waals surface area contributed by atoms with Crippen LogP contribution >= 0.6 is 0 Å². The number of anilines is 1. The minimum absolute atomic E-state index is 0. The van der Waals surface area contributed by atoms with Gasteiger partial charge >= 0.3 is 0 Å². The molecule has 182 valence electrons. The third kappa shape index (κ3) is 7.27. The van der Waals surface area contributed by atoms with Crippen LogP contribution in [-0.2, 0) is 4.79 Å². The molecule has 0 bridgehead atoms. The zero-order valence-corrected chi connectivity index (χ0v) is 19.0. The fourth-order valence-corrected chi connectivity index (χ4v) is 3.80. The maximum absolute atomic E-state index is 13.4. The summed E-state index contributed by atoms with van der Waals surface area (Å²) in [4.78, 5) is 15.0. The number of hydrogen-bond acceptors (Lipinski definition) is 4. The van der Waals surface area contributed by atoms with E-state index in [4.69, 9.17) is 0 Å². The first-order valence-electron chi connectivity index (χ1n) is 11.2. The molecule has 2 aromatic carbocycles. The van der Waals surface area contributed by atoms with Gasteiger partial charge in [-0.2, -0.15) is 0 Å². The van der Waals surface area contributed by atoms with Crippen LogP contribution in [0.4, 0.5) is 10.1 Å². The van der Waals surface area contributed by atoms with Crippen molar-refractivity contribution in [2.24, 2.45) is 0 Å². The van der Waals surface area contributed by atoms with E-state index in [0.717, 1.165) is 84.4 Å². The monoisotopic (exact) mass is 456 g/mol. The molecule has 1 aromatic heterocycles. The zero-order chi connectivity index (χ0) is 22.9. The van der Waals surface area contributed by atoms with Crippen molar-refractivity contribution in [3.05, 3.63) is 66.3 Å². The highest BCUT2D eigenvalue weighted by atomic mass is 19.1. The number of carbonyl (C=O) groups is 1. The standard InChI is InChI=1S/C22H25FN4.C4H8O.CH4.2H2/c1-15-11-17(20-13-25-22-12-18(23)4-5-19(20)22)3-6-21(15)26-16(2)14-27-9-7-24-8-10-27;1-2-3-4-5;;;/h3-6,11-13,24-26H,2,7-10,14H2,1H3;4H,2-3H2,1H3;1H4;2*1H. The predicted molar refractivity (Wildman–Crippen MR) is 142 cm³/mol. The molecule has 3 N–H and O–H groups in total. The van der Waals surface area contributed by atoms with Gasteiger partial charge in [0.2, 0.25) is 0 Å². The first kappa shape index (κ1) is 26.3. The van der Waals surface area contributed by atoms with E-state index in [0.29, 0.717) is 6.42 Å². The molecule has 4 rings (SSSR count). The Morgan fingerprint density at radius 2 is 2.00 bits per heavy atom. The molecule has 0 saturated carbocycles. The number of rotatable bonds is 7. The van der Waals surface area contributed by atoms with Gasteiger partial charge in [0, 0.05) is 76.0 Å². The molecule has 6 heteroatoms. The molecular formula is C27H41FN4O. The molecule has 0 atom stereocenters. The maximum atomic E-state index is 13.4. The lowest BCUT2D eigenvalue weighted by atomic mass is 10.0. The summed E-state index contributed by atoms with van der Waals surface area (Å²) in [5, 5.41) is 7.86. The summed E-state index contributed by atoms with van der Waals surface area (Å²) < 4.78 is 13.4. The van der Waals surface area contributed by atoms with Crippen LogP contribution in [-0.4, -0.2) is 48.9 Å². The number of halogens is 1. The Hall–Kier alpha value is -2.96. The fourth-order valence-electron chi connectivity index (χ4n) is 3.80. The largest absolute Gasteiger partial charge is 0.360 e. The van der Waals surface area contributed by atoms with Crippen molar-refractivity contribution in [3.8, 4) is 11.1 Å². The number of aromatic amines is 1. The van der Waals surface area contributed by atoms with Gasteiger partial charge in [0.05, 0.1) is 0 Å². The summed E-state index contributed by atoms with van der Waals surface area (Å²) in [6, 6.07) is 11.2. The molecule has 3 aromatic rings. The van der Waals surface area contributed by atoms with Crippen LogP contribution in [0.5, 0.6) is 0 Å². The average Bonchev–Trinajstić information content (AvgIpc) is 3.20. The van der Waals surface area contributed by atoms with Crippen molar-refractivity contribution < 1.29 is 12.0 Å². The number of benzene rings is 2. The molecule has 0 aliphatic carbocycles. The lowest BCUT2D eigenvalue weighted by Gasteiger charge is -2.28. The van der Waals surface area contributed by atoms with Crippen molar-refractivity contribution in [3.63, 3.8) is 0 Å². The van der Waals surface area contributed by atoms with Gasteiger partial charge in [-0.25, -0.2) is 4.39 Å². The number of unbranched alkanes of at least 4 members (excludes halogenated alkanes) is 1. The quantitative estimate of drug-likeness (QED) is 0.369. The van der Waals surface area contributed by atoms with E-state index in [2.05, 4.69) is 52.2 Å². The number of aromatic nitrogens is 1. The van der Waals surface area contributed by atoms with Gasteiger partial charge in [-0.05, 0) is 54.8 Å². The molecule has 1 aliphatic rings. The molecule has 5 nitrogen and oxygen atoms in total. The van der Waals surface area contributed by atoms with Crippen molar-refractivity contribution in [2.45, 2.75) is 34.1 Å². The SMILES string of the molecule is C.C=C(CN1CCNCC1)Nc1ccc(-c2c[nH]c3cc(F)ccc23)cc1C.CCCC=O.[HH].[HH]. The van der Waals surface area contributed by atoms with Gasteiger partial charge in [-0.3, -0.25) is 4.90 Å². The lowest BCUT2D eigenvalue weighted by Crippen LogP contribution is -2.44. The van der Waals surface area contributed by atoms with Crippen LogP contribution in [0, 0.1) is 12.7 Å². The lowest BCUT2D eigenvalue weighted by molar-refractivity contribution is -0.107. The number of nitrogens with one attached hydrogen (secondary N) is 3. The van der Waals surface area contributed by atoms with E-state index < -0.39 is 0 Å².